The lowest BCUT2D eigenvalue weighted by atomic mass is 9.99. The number of carbonyl (C=O) groups excluding carboxylic acids is 1. The molecule has 94 valence electrons. The van der Waals surface area contributed by atoms with E-state index in [9.17, 15) is 4.79 Å². The molecule has 0 spiro atoms. The summed E-state index contributed by atoms with van der Waals surface area (Å²) in [7, 11) is 0. The van der Waals surface area contributed by atoms with Crippen molar-refractivity contribution in [2.75, 3.05) is 13.1 Å². The highest BCUT2D eigenvalue weighted by Gasteiger charge is 2.24. The van der Waals surface area contributed by atoms with E-state index >= 15 is 0 Å². The Morgan fingerprint density at radius 3 is 3.00 bits per heavy atom. The number of nitriles is 1. The number of benzene rings is 1. The fourth-order valence-corrected chi connectivity index (χ4v) is 2.51. The van der Waals surface area contributed by atoms with Gasteiger partial charge in [-0.2, -0.15) is 5.26 Å². The number of halogens is 2. The van der Waals surface area contributed by atoms with Gasteiger partial charge in [-0.15, -0.1) is 0 Å². The van der Waals surface area contributed by atoms with Crippen molar-refractivity contribution >= 4 is 33.4 Å². The zero-order valence-corrected chi connectivity index (χ0v) is 12.0. The second-order valence-electron chi connectivity index (χ2n) is 4.35. The number of rotatable bonds is 1. The highest BCUT2D eigenvalue weighted by molar-refractivity contribution is 9.10. The summed E-state index contributed by atoms with van der Waals surface area (Å²) < 4.78 is 0.772. The minimum absolute atomic E-state index is 0.0476. The first kappa shape index (κ1) is 13.4. The van der Waals surface area contributed by atoms with Crippen LogP contribution in [0.5, 0.6) is 0 Å². The van der Waals surface area contributed by atoms with Gasteiger partial charge in [0, 0.05) is 23.1 Å². The van der Waals surface area contributed by atoms with E-state index in [1.807, 2.05) is 0 Å². The van der Waals surface area contributed by atoms with Crippen LogP contribution in [0.4, 0.5) is 0 Å². The van der Waals surface area contributed by atoms with E-state index in [2.05, 4.69) is 22.0 Å². The molecule has 0 bridgehead atoms. The molecule has 1 aromatic carbocycles. The maximum absolute atomic E-state index is 12.3. The molecule has 5 heteroatoms. The minimum atomic E-state index is -0.0515. The van der Waals surface area contributed by atoms with E-state index in [4.69, 9.17) is 16.9 Å². The van der Waals surface area contributed by atoms with Crippen LogP contribution in [0.1, 0.15) is 23.2 Å². The van der Waals surface area contributed by atoms with Gasteiger partial charge in [0.25, 0.3) is 5.91 Å². The fraction of sp³-hybridized carbons (Fsp3) is 0.385. The molecular weight excluding hydrogens is 316 g/mol. The Labute approximate surface area is 119 Å². The molecule has 0 radical (unpaired) electrons. The molecule has 1 saturated heterocycles. The quantitative estimate of drug-likeness (QED) is 0.792. The van der Waals surface area contributed by atoms with Gasteiger partial charge in [-0.1, -0.05) is 11.6 Å². The first-order chi connectivity index (χ1) is 8.61. The number of piperidine rings is 1. The topological polar surface area (TPSA) is 44.1 Å². The second kappa shape index (κ2) is 5.73. The average Bonchev–Trinajstić information content (AvgIpc) is 2.41. The van der Waals surface area contributed by atoms with Gasteiger partial charge in [-0.05, 0) is 47.0 Å². The van der Waals surface area contributed by atoms with Crippen molar-refractivity contribution in [1.29, 1.82) is 5.26 Å². The molecule has 0 aromatic heterocycles. The first-order valence-corrected chi connectivity index (χ1v) is 6.93. The molecule has 1 heterocycles. The standard InChI is InChI=1S/C13H12BrClN2O/c14-11-4-3-10(6-12(11)15)13(18)17-5-1-2-9(7-16)8-17/h3-4,6,9H,1-2,5,8H2. The number of nitrogens with zero attached hydrogens (tertiary/aromatic N) is 2. The Kier molecular flexibility index (Phi) is 4.26. The number of hydrogen-bond donors (Lipinski definition) is 0. The smallest absolute Gasteiger partial charge is 0.253 e. The normalized spacial score (nSPS) is 19.4. The lowest BCUT2D eigenvalue weighted by Crippen LogP contribution is -2.39. The predicted molar refractivity (Wildman–Crippen MR) is 73.4 cm³/mol. The Morgan fingerprint density at radius 1 is 1.56 bits per heavy atom. The van der Waals surface area contributed by atoms with Crippen LogP contribution in [-0.4, -0.2) is 23.9 Å². The lowest BCUT2D eigenvalue weighted by molar-refractivity contribution is 0.0699. The lowest BCUT2D eigenvalue weighted by Gasteiger charge is -2.29. The van der Waals surface area contributed by atoms with Crippen LogP contribution < -0.4 is 0 Å². The Bertz CT molecular complexity index is 512. The first-order valence-electron chi connectivity index (χ1n) is 5.75. The SMILES string of the molecule is N#CC1CCCN(C(=O)c2ccc(Br)c(Cl)c2)C1. The van der Waals surface area contributed by atoms with Crippen molar-refractivity contribution in [2.45, 2.75) is 12.8 Å². The molecule has 1 amide bonds. The van der Waals surface area contributed by atoms with E-state index in [-0.39, 0.29) is 11.8 Å². The Hall–Kier alpha value is -1.05. The molecule has 1 unspecified atom stereocenters. The molecule has 0 N–H and O–H groups in total. The van der Waals surface area contributed by atoms with Gasteiger partial charge in [0.15, 0.2) is 0 Å². The summed E-state index contributed by atoms with van der Waals surface area (Å²) in [6.07, 6.45) is 1.76. The molecule has 1 aliphatic rings. The summed E-state index contributed by atoms with van der Waals surface area (Å²) >= 11 is 9.28. The molecule has 1 aliphatic heterocycles. The third-order valence-electron chi connectivity index (χ3n) is 3.06. The van der Waals surface area contributed by atoms with Crippen LogP contribution in [0.2, 0.25) is 5.02 Å². The second-order valence-corrected chi connectivity index (χ2v) is 5.61. The highest BCUT2D eigenvalue weighted by atomic mass is 79.9. The maximum atomic E-state index is 12.3. The number of likely N-dealkylation sites (tertiary alicyclic amines) is 1. The van der Waals surface area contributed by atoms with Crippen molar-refractivity contribution < 1.29 is 4.79 Å². The third kappa shape index (κ3) is 2.85. The molecule has 18 heavy (non-hydrogen) atoms. The summed E-state index contributed by atoms with van der Waals surface area (Å²) in [6.45, 7) is 1.23. The van der Waals surface area contributed by atoms with Crippen LogP contribution in [0, 0.1) is 17.2 Å². The van der Waals surface area contributed by atoms with Crippen LogP contribution in [0.15, 0.2) is 22.7 Å². The van der Waals surface area contributed by atoms with Crippen molar-refractivity contribution in [2.24, 2.45) is 5.92 Å². The van der Waals surface area contributed by atoms with E-state index in [0.717, 1.165) is 17.3 Å². The van der Waals surface area contributed by atoms with Crippen molar-refractivity contribution in [3.8, 4) is 6.07 Å². The summed E-state index contributed by atoms with van der Waals surface area (Å²) in [5.74, 6) is -0.0991. The van der Waals surface area contributed by atoms with Crippen LogP contribution in [0.25, 0.3) is 0 Å². The van der Waals surface area contributed by atoms with Crippen molar-refractivity contribution in [3.63, 3.8) is 0 Å². The van der Waals surface area contributed by atoms with Gasteiger partial charge < -0.3 is 4.90 Å². The molecular formula is C13H12BrClN2O. The molecule has 2 rings (SSSR count). The molecule has 0 aliphatic carbocycles. The van der Waals surface area contributed by atoms with Gasteiger partial charge in [0.1, 0.15) is 0 Å². The van der Waals surface area contributed by atoms with Crippen LogP contribution >= 0.6 is 27.5 Å². The van der Waals surface area contributed by atoms with Gasteiger partial charge in [0.05, 0.1) is 17.0 Å². The van der Waals surface area contributed by atoms with E-state index in [1.54, 1.807) is 23.1 Å². The summed E-state index contributed by atoms with van der Waals surface area (Å²) in [6, 6.07) is 7.40. The fourth-order valence-electron chi connectivity index (χ4n) is 2.08. The van der Waals surface area contributed by atoms with Crippen LogP contribution in [-0.2, 0) is 0 Å². The van der Waals surface area contributed by atoms with Gasteiger partial charge in [-0.25, -0.2) is 0 Å². The van der Waals surface area contributed by atoms with Crippen molar-refractivity contribution in [3.05, 3.63) is 33.3 Å². The molecule has 1 aromatic rings. The monoisotopic (exact) mass is 326 g/mol. The highest BCUT2D eigenvalue weighted by Crippen LogP contribution is 2.25. The van der Waals surface area contributed by atoms with Gasteiger partial charge >= 0.3 is 0 Å². The zero-order valence-electron chi connectivity index (χ0n) is 9.70. The summed E-state index contributed by atoms with van der Waals surface area (Å²) in [5, 5.41) is 9.45. The van der Waals surface area contributed by atoms with Gasteiger partial charge in [0.2, 0.25) is 0 Å². The summed E-state index contributed by atoms with van der Waals surface area (Å²) in [4.78, 5) is 14.0. The van der Waals surface area contributed by atoms with Gasteiger partial charge in [-0.3, -0.25) is 4.79 Å². The van der Waals surface area contributed by atoms with E-state index in [1.165, 1.54) is 0 Å². The number of hydrogen-bond acceptors (Lipinski definition) is 2. The predicted octanol–water partition coefficient (Wildman–Crippen LogP) is 3.48. The molecule has 1 atom stereocenters. The zero-order chi connectivity index (χ0) is 13.1. The average molecular weight is 328 g/mol. The largest absolute Gasteiger partial charge is 0.337 e. The Balaban J connectivity index is 2.15. The third-order valence-corrected chi connectivity index (χ3v) is 4.29. The molecule has 3 nitrogen and oxygen atoms in total. The van der Waals surface area contributed by atoms with E-state index < -0.39 is 0 Å². The maximum Gasteiger partial charge on any atom is 0.253 e. The minimum Gasteiger partial charge on any atom is -0.337 e. The van der Waals surface area contributed by atoms with Crippen molar-refractivity contribution in [1.82, 2.24) is 4.90 Å². The number of amides is 1. The van der Waals surface area contributed by atoms with Crippen LogP contribution in [0.3, 0.4) is 0 Å². The molecule has 1 fully saturated rings. The number of carbonyl (C=O) groups is 1. The van der Waals surface area contributed by atoms with E-state index in [0.29, 0.717) is 23.7 Å². The Morgan fingerprint density at radius 2 is 2.33 bits per heavy atom. The molecule has 0 saturated carbocycles. The summed E-state index contributed by atoms with van der Waals surface area (Å²) in [5.41, 5.74) is 0.571.